The van der Waals surface area contributed by atoms with Gasteiger partial charge >= 0.3 is 0 Å². The second-order valence-corrected chi connectivity index (χ2v) is 4.33. The fourth-order valence-electron chi connectivity index (χ4n) is 1.63. The lowest BCUT2D eigenvalue weighted by atomic mass is 10.2. The number of methoxy groups -OCH3 is 2. The van der Waals surface area contributed by atoms with Gasteiger partial charge in [-0.2, -0.15) is 0 Å². The van der Waals surface area contributed by atoms with Crippen LogP contribution in [0.4, 0.5) is 0 Å². The van der Waals surface area contributed by atoms with Gasteiger partial charge in [-0.15, -0.1) is 0 Å². The molecule has 20 heavy (non-hydrogen) atoms. The Kier molecular flexibility index (Phi) is 4.37. The second-order valence-electron chi connectivity index (χ2n) is 3.89. The van der Waals surface area contributed by atoms with Crippen molar-refractivity contribution in [2.45, 2.75) is 0 Å². The molecule has 1 heterocycles. The van der Waals surface area contributed by atoms with Crippen molar-refractivity contribution in [2.24, 2.45) is 5.73 Å². The molecule has 0 spiro atoms. The molecular weight excluding hydrogens is 276 g/mol. The zero-order chi connectivity index (χ0) is 14.5. The van der Waals surface area contributed by atoms with Gasteiger partial charge in [0, 0.05) is 24.4 Å². The third-order valence-electron chi connectivity index (χ3n) is 2.60. The van der Waals surface area contributed by atoms with Crippen LogP contribution in [0.3, 0.4) is 0 Å². The molecule has 0 aliphatic rings. The van der Waals surface area contributed by atoms with Crippen LogP contribution >= 0.6 is 12.2 Å². The summed E-state index contributed by atoms with van der Waals surface area (Å²) in [5.74, 6) is 2.28. The fraction of sp³-hybridized carbons (Fsp3) is 0.143. The number of thiocarbonyl (C=S) groups is 1. The van der Waals surface area contributed by atoms with E-state index in [0.29, 0.717) is 28.6 Å². The van der Waals surface area contributed by atoms with Crippen LogP contribution in [-0.2, 0) is 0 Å². The topological polar surface area (TPSA) is 66.6 Å². The number of benzene rings is 1. The molecule has 0 amide bonds. The summed E-state index contributed by atoms with van der Waals surface area (Å²) in [5.41, 5.74) is 6.28. The normalized spacial score (nSPS) is 9.90. The fourth-order valence-corrected chi connectivity index (χ4v) is 1.80. The molecule has 0 fully saturated rings. The SMILES string of the molecule is COc1cc(OC)cc(Oc2cnccc2C(N)=S)c1. The van der Waals surface area contributed by atoms with Crippen molar-refractivity contribution in [3.05, 3.63) is 42.2 Å². The number of hydrogen-bond donors (Lipinski definition) is 1. The number of pyridine rings is 1. The Morgan fingerprint density at radius 1 is 1.10 bits per heavy atom. The monoisotopic (exact) mass is 290 g/mol. The molecule has 0 saturated carbocycles. The van der Waals surface area contributed by atoms with Crippen LogP contribution in [-0.4, -0.2) is 24.2 Å². The molecule has 0 aliphatic carbocycles. The van der Waals surface area contributed by atoms with Gasteiger partial charge in [0.2, 0.25) is 0 Å². The summed E-state index contributed by atoms with van der Waals surface area (Å²) in [7, 11) is 3.14. The molecule has 0 unspecified atom stereocenters. The molecule has 2 rings (SSSR count). The van der Waals surface area contributed by atoms with Crippen LogP contribution in [0.2, 0.25) is 0 Å². The predicted molar refractivity (Wildman–Crippen MR) is 79.7 cm³/mol. The van der Waals surface area contributed by atoms with Crippen LogP contribution in [0, 0.1) is 0 Å². The molecule has 6 heteroatoms. The van der Waals surface area contributed by atoms with E-state index >= 15 is 0 Å². The maximum Gasteiger partial charge on any atom is 0.155 e. The molecule has 104 valence electrons. The van der Waals surface area contributed by atoms with E-state index in [2.05, 4.69) is 4.98 Å². The summed E-state index contributed by atoms with van der Waals surface area (Å²) >= 11 is 4.98. The van der Waals surface area contributed by atoms with Gasteiger partial charge in [-0.05, 0) is 6.07 Å². The highest BCUT2D eigenvalue weighted by molar-refractivity contribution is 7.80. The van der Waals surface area contributed by atoms with Crippen molar-refractivity contribution in [3.63, 3.8) is 0 Å². The third kappa shape index (κ3) is 3.16. The standard InChI is InChI=1S/C14H14N2O3S/c1-17-9-5-10(18-2)7-11(6-9)19-13-8-16-4-3-12(13)14(15)20/h3-8H,1-2H3,(H2,15,20). The van der Waals surface area contributed by atoms with E-state index in [4.69, 9.17) is 32.2 Å². The molecule has 0 radical (unpaired) electrons. The summed E-state index contributed by atoms with van der Waals surface area (Å²) in [5, 5.41) is 0. The summed E-state index contributed by atoms with van der Waals surface area (Å²) < 4.78 is 16.1. The maximum absolute atomic E-state index is 5.77. The van der Waals surface area contributed by atoms with Crippen molar-refractivity contribution >= 4 is 17.2 Å². The first kappa shape index (κ1) is 14.1. The first-order chi connectivity index (χ1) is 9.63. The summed E-state index contributed by atoms with van der Waals surface area (Å²) in [6.07, 6.45) is 3.16. The van der Waals surface area contributed by atoms with Crippen LogP contribution < -0.4 is 19.9 Å². The zero-order valence-electron chi connectivity index (χ0n) is 11.1. The Labute approximate surface area is 122 Å². The Morgan fingerprint density at radius 2 is 1.70 bits per heavy atom. The van der Waals surface area contributed by atoms with Crippen molar-refractivity contribution in [1.82, 2.24) is 4.98 Å². The number of aromatic nitrogens is 1. The van der Waals surface area contributed by atoms with Crippen LogP contribution in [0.5, 0.6) is 23.0 Å². The van der Waals surface area contributed by atoms with Crippen molar-refractivity contribution in [1.29, 1.82) is 0 Å². The number of hydrogen-bond acceptors (Lipinski definition) is 5. The highest BCUT2D eigenvalue weighted by Gasteiger charge is 2.09. The molecule has 1 aromatic carbocycles. The number of ether oxygens (including phenoxy) is 3. The summed E-state index contributed by atoms with van der Waals surface area (Å²) in [4.78, 5) is 4.25. The minimum atomic E-state index is 0.247. The lowest BCUT2D eigenvalue weighted by Crippen LogP contribution is -2.10. The second kappa shape index (κ2) is 6.21. The highest BCUT2D eigenvalue weighted by Crippen LogP contribution is 2.31. The van der Waals surface area contributed by atoms with Gasteiger partial charge in [-0.3, -0.25) is 4.98 Å². The summed E-state index contributed by atoms with van der Waals surface area (Å²) in [6, 6.07) is 6.93. The highest BCUT2D eigenvalue weighted by atomic mass is 32.1. The lowest BCUT2D eigenvalue weighted by molar-refractivity contribution is 0.386. The van der Waals surface area contributed by atoms with Gasteiger partial charge in [-0.1, -0.05) is 12.2 Å². The minimum Gasteiger partial charge on any atom is -0.496 e. The van der Waals surface area contributed by atoms with Gasteiger partial charge in [0.25, 0.3) is 0 Å². The molecular formula is C14H14N2O3S. The zero-order valence-corrected chi connectivity index (χ0v) is 11.9. The average molecular weight is 290 g/mol. The van der Waals surface area contributed by atoms with Crippen LogP contribution in [0.1, 0.15) is 5.56 Å². The smallest absolute Gasteiger partial charge is 0.155 e. The van der Waals surface area contributed by atoms with E-state index in [1.165, 1.54) is 0 Å². The van der Waals surface area contributed by atoms with Gasteiger partial charge in [-0.25, -0.2) is 0 Å². The Bertz CT molecular complexity index is 609. The molecule has 0 saturated heterocycles. The Morgan fingerprint density at radius 3 is 2.25 bits per heavy atom. The number of rotatable bonds is 5. The molecule has 0 aliphatic heterocycles. The predicted octanol–water partition coefficient (Wildman–Crippen LogP) is 2.53. The van der Waals surface area contributed by atoms with E-state index in [1.807, 2.05) is 0 Å². The quantitative estimate of drug-likeness (QED) is 0.854. The molecule has 2 N–H and O–H groups in total. The Balaban J connectivity index is 2.37. The summed E-state index contributed by atoms with van der Waals surface area (Å²) in [6.45, 7) is 0. The minimum absolute atomic E-state index is 0.247. The van der Waals surface area contributed by atoms with Gasteiger partial charge in [0.15, 0.2) is 5.75 Å². The van der Waals surface area contributed by atoms with Crippen molar-refractivity contribution in [2.75, 3.05) is 14.2 Å². The first-order valence-corrected chi connectivity index (χ1v) is 6.19. The number of nitrogens with two attached hydrogens (primary N) is 1. The van der Waals surface area contributed by atoms with Crippen LogP contribution in [0.15, 0.2) is 36.7 Å². The van der Waals surface area contributed by atoms with E-state index in [-0.39, 0.29) is 4.99 Å². The van der Waals surface area contributed by atoms with E-state index in [0.717, 1.165) is 0 Å². The van der Waals surface area contributed by atoms with E-state index < -0.39 is 0 Å². The van der Waals surface area contributed by atoms with Crippen LogP contribution in [0.25, 0.3) is 0 Å². The molecule has 1 aromatic heterocycles. The average Bonchev–Trinajstić information content (AvgIpc) is 2.47. The van der Waals surface area contributed by atoms with Gasteiger partial charge in [0.05, 0.1) is 26.0 Å². The van der Waals surface area contributed by atoms with Crippen molar-refractivity contribution < 1.29 is 14.2 Å². The third-order valence-corrected chi connectivity index (χ3v) is 2.82. The largest absolute Gasteiger partial charge is 0.496 e. The molecule has 0 bridgehead atoms. The van der Waals surface area contributed by atoms with E-state index in [9.17, 15) is 0 Å². The molecule has 2 aromatic rings. The first-order valence-electron chi connectivity index (χ1n) is 5.78. The van der Waals surface area contributed by atoms with Gasteiger partial charge in [0.1, 0.15) is 22.2 Å². The van der Waals surface area contributed by atoms with E-state index in [1.54, 1.807) is 50.9 Å². The lowest BCUT2D eigenvalue weighted by Gasteiger charge is -2.12. The Hall–Kier alpha value is -2.34. The molecule has 0 atom stereocenters. The van der Waals surface area contributed by atoms with Gasteiger partial charge < -0.3 is 19.9 Å². The maximum atomic E-state index is 5.77. The van der Waals surface area contributed by atoms with Crippen molar-refractivity contribution in [3.8, 4) is 23.0 Å². The number of nitrogens with zero attached hydrogens (tertiary/aromatic N) is 1. The molecule has 5 nitrogen and oxygen atoms in total.